The molecule has 0 N–H and O–H groups in total. The molecule has 1 unspecified atom stereocenters. The van der Waals surface area contributed by atoms with Crippen molar-refractivity contribution in [2.45, 2.75) is 25.4 Å². The number of ether oxygens (including phenoxy) is 1. The second-order valence-electron chi connectivity index (χ2n) is 8.07. The number of hydrogen-bond donors (Lipinski definition) is 0. The Hall–Kier alpha value is -2.71. The molecule has 2 fully saturated rings. The SMILES string of the molecule is O=C(CCN(CC1CCCO1)C(=O)c1cnccn1)N1CCN(c2cccc(Cl)c2)CC1. The number of halogens is 1. The zero-order chi connectivity index (χ0) is 22.3. The molecule has 2 saturated heterocycles. The Labute approximate surface area is 193 Å². The molecule has 3 heterocycles. The van der Waals surface area contributed by atoms with Crippen LogP contribution in [0, 0.1) is 0 Å². The molecule has 0 saturated carbocycles. The first kappa shape index (κ1) is 22.5. The van der Waals surface area contributed by atoms with Gasteiger partial charge in [0.1, 0.15) is 5.69 Å². The molecule has 1 aromatic heterocycles. The van der Waals surface area contributed by atoms with Crippen molar-refractivity contribution in [1.29, 1.82) is 0 Å². The van der Waals surface area contributed by atoms with Crippen molar-refractivity contribution in [3.05, 3.63) is 53.6 Å². The molecule has 2 aromatic rings. The summed E-state index contributed by atoms with van der Waals surface area (Å²) in [6, 6.07) is 7.77. The van der Waals surface area contributed by atoms with Gasteiger partial charge in [-0.2, -0.15) is 0 Å². The first-order chi connectivity index (χ1) is 15.6. The van der Waals surface area contributed by atoms with Crippen LogP contribution in [0.4, 0.5) is 5.69 Å². The number of anilines is 1. The Kier molecular flexibility index (Phi) is 7.55. The van der Waals surface area contributed by atoms with Crippen LogP contribution in [0.25, 0.3) is 0 Å². The summed E-state index contributed by atoms with van der Waals surface area (Å²) in [5.74, 6) is -0.160. The van der Waals surface area contributed by atoms with Gasteiger partial charge in [-0.15, -0.1) is 0 Å². The summed E-state index contributed by atoms with van der Waals surface area (Å²) in [5.41, 5.74) is 1.36. The Morgan fingerprint density at radius 2 is 2.03 bits per heavy atom. The van der Waals surface area contributed by atoms with Crippen LogP contribution >= 0.6 is 11.6 Å². The zero-order valence-corrected chi connectivity index (χ0v) is 18.8. The van der Waals surface area contributed by atoms with E-state index in [1.807, 2.05) is 29.2 Å². The first-order valence-electron chi connectivity index (χ1n) is 11.1. The van der Waals surface area contributed by atoms with Gasteiger partial charge in [-0.05, 0) is 31.0 Å². The number of nitrogens with zero attached hydrogens (tertiary/aromatic N) is 5. The predicted octanol–water partition coefficient (Wildman–Crippen LogP) is 2.49. The number of benzene rings is 1. The van der Waals surface area contributed by atoms with E-state index in [-0.39, 0.29) is 30.0 Å². The third kappa shape index (κ3) is 5.75. The number of piperazine rings is 1. The van der Waals surface area contributed by atoms with Crippen LogP contribution in [-0.4, -0.2) is 83.6 Å². The van der Waals surface area contributed by atoms with Gasteiger partial charge >= 0.3 is 0 Å². The van der Waals surface area contributed by atoms with Gasteiger partial charge in [0.2, 0.25) is 5.91 Å². The highest BCUT2D eigenvalue weighted by Gasteiger charge is 2.26. The third-order valence-corrected chi connectivity index (χ3v) is 6.15. The van der Waals surface area contributed by atoms with E-state index < -0.39 is 0 Å². The van der Waals surface area contributed by atoms with Crippen LogP contribution in [0.2, 0.25) is 5.02 Å². The fraction of sp³-hybridized carbons (Fsp3) is 0.478. The van der Waals surface area contributed by atoms with Crippen LogP contribution in [0.1, 0.15) is 29.8 Å². The monoisotopic (exact) mass is 457 g/mol. The summed E-state index contributed by atoms with van der Waals surface area (Å²) < 4.78 is 5.71. The third-order valence-electron chi connectivity index (χ3n) is 5.92. The maximum absolute atomic E-state index is 13.0. The van der Waals surface area contributed by atoms with Crippen molar-refractivity contribution in [3.8, 4) is 0 Å². The molecule has 1 aromatic carbocycles. The zero-order valence-electron chi connectivity index (χ0n) is 18.0. The van der Waals surface area contributed by atoms with Gasteiger partial charge in [-0.3, -0.25) is 14.6 Å². The first-order valence-corrected chi connectivity index (χ1v) is 11.4. The number of amides is 2. The normalized spacial score (nSPS) is 18.6. The summed E-state index contributed by atoms with van der Waals surface area (Å²) in [6.45, 7) is 4.32. The fourth-order valence-electron chi connectivity index (χ4n) is 4.16. The van der Waals surface area contributed by atoms with Crippen LogP contribution in [0.3, 0.4) is 0 Å². The highest BCUT2D eigenvalue weighted by Crippen LogP contribution is 2.21. The minimum Gasteiger partial charge on any atom is -0.376 e. The standard InChI is InChI=1S/C23H28ClN5O3/c24-18-3-1-4-19(15-18)27-10-12-28(13-11-27)22(30)6-9-29(17-20-5-2-14-32-20)23(31)21-16-25-7-8-26-21/h1,3-4,7-8,15-16,20H,2,5-6,9-14,17H2. The van der Waals surface area contributed by atoms with Crippen LogP contribution in [-0.2, 0) is 9.53 Å². The molecule has 0 spiro atoms. The number of aromatic nitrogens is 2. The van der Waals surface area contributed by atoms with E-state index in [0.29, 0.717) is 37.8 Å². The molecule has 9 heteroatoms. The van der Waals surface area contributed by atoms with Gasteiger partial charge in [0.25, 0.3) is 5.91 Å². The van der Waals surface area contributed by atoms with Gasteiger partial charge in [0.15, 0.2) is 0 Å². The van der Waals surface area contributed by atoms with Crippen LogP contribution in [0.15, 0.2) is 42.9 Å². The Balaban J connectivity index is 1.32. The average molecular weight is 458 g/mol. The minimum atomic E-state index is -0.216. The lowest BCUT2D eigenvalue weighted by Crippen LogP contribution is -2.49. The van der Waals surface area contributed by atoms with E-state index in [0.717, 1.165) is 31.6 Å². The number of hydrogen-bond acceptors (Lipinski definition) is 6. The number of rotatable bonds is 7. The molecule has 2 aliphatic rings. The average Bonchev–Trinajstić information content (AvgIpc) is 3.35. The second-order valence-corrected chi connectivity index (χ2v) is 8.51. The fourth-order valence-corrected chi connectivity index (χ4v) is 4.34. The highest BCUT2D eigenvalue weighted by molar-refractivity contribution is 6.30. The lowest BCUT2D eigenvalue weighted by Gasteiger charge is -2.36. The van der Waals surface area contributed by atoms with E-state index >= 15 is 0 Å². The van der Waals surface area contributed by atoms with E-state index in [9.17, 15) is 9.59 Å². The Bertz CT molecular complexity index is 915. The number of carbonyl (C=O) groups is 2. The summed E-state index contributed by atoms with van der Waals surface area (Å²) in [5, 5.41) is 0.708. The molecular weight excluding hydrogens is 430 g/mol. The topological polar surface area (TPSA) is 78.9 Å². The van der Waals surface area contributed by atoms with Crippen molar-refractivity contribution in [3.63, 3.8) is 0 Å². The molecule has 0 radical (unpaired) electrons. The van der Waals surface area contributed by atoms with Crippen LogP contribution < -0.4 is 4.90 Å². The predicted molar refractivity (Wildman–Crippen MR) is 122 cm³/mol. The summed E-state index contributed by atoms with van der Waals surface area (Å²) >= 11 is 6.10. The highest BCUT2D eigenvalue weighted by atomic mass is 35.5. The van der Waals surface area contributed by atoms with Crippen molar-refractivity contribution in [2.24, 2.45) is 0 Å². The molecule has 1 atom stereocenters. The van der Waals surface area contributed by atoms with Crippen molar-refractivity contribution >= 4 is 29.1 Å². The van der Waals surface area contributed by atoms with E-state index in [2.05, 4.69) is 14.9 Å². The van der Waals surface area contributed by atoms with Gasteiger partial charge < -0.3 is 19.4 Å². The molecule has 0 bridgehead atoms. The summed E-state index contributed by atoms with van der Waals surface area (Å²) in [6.07, 6.45) is 6.69. The quantitative estimate of drug-likeness (QED) is 0.635. The molecule has 32 heavy (non-hydrogen) atoms. The van der Waals surface area contributed by atoms with Gasteiger partial charge in [0, 0.05) is 75.4 Å². The van der Waals surface area contributed by atoms with E-state index in [1.54, 1.807) is 4.90 Å². The molecule has 2 aliphatic heterocycles. The number of carbonyl (C=O) groups excluding carboxylic acids is 2. The molecule has 8 nitrogen and oxygen atoms in total. The van der Waals surface area contributed by atoms with E-state index in [4.69, 9.17) is 16.3 Å². The van der Waals surface area contributed by atoms with Crippen LogP contribution in [0.5, 0.6) is 0 Å². The summed E-state index contributed by atoms with van der Waals surface area (Å²) in [7, 11) is 0. The Morgan fingerprint density at radius 1 is 1.19 bits per heavy atom. The van der Waals surface area contributed by atoms with E-state index in [1.165, 1.54) is 18.6 Å². The minimum absolute atomic E-state index is 0.00645. The molecule has 0 aliphatic carbocycles. The lowest BCUT2D eigenvalue weighted by atomic mass is 10.2. The molecule has 4 rings (SSSR count). The smallest absolute Gasteiger partial charge is 0.274 e. The Morgan fingerprint density at radius 3 is 2.72 bits per heavy atom. The van der Waals surface area contributed by atoms with Crippen molar-refractivity contribution in [1.82, 2.24) is 19.8 Å². The maximum Gasteiger partial charge on any atom is 0.274 e. The maximum atomic E-state index is 13.0. The van der Waals surface area contributed by atoms with Crippen molar-refractivity contribution in [2.75, 3.05) is 50.8 Å². The summed E-state index contributed by atoms with van der Waals surface area (Å²) in [4.78, 5) is 39.8. The second kappa shape index (κ2) is 10.7. The van der Waals surface area contributed by atoms with Gasteiger partial charge in [0.05, 0.1) is 12.3 Å². The van der Waals surface area contributed by atoms with Gasteiger partial charge in [-0.25, -0.2) is 4.98 Å². The van der Waals surface area contributed by atoms with Crippen molar-refractivity contribution < 1.29 is 14.3 Å². The lowest BCUT2D eigenvalue weighted by molar-refractivity contribution is -0.131. The van der Waals surface area contributed by atoms with Gasteiger partial charge in [-0.1, -0.05) is 17.7 Å². The molecule has 170 valence electrons. The molecular formula is C23H28ClN5O3. The largest absolute Gasteiger partial charge is 0.376 e. The molecule has 2 amide bonds.